The van der Waals surface area contributed by atoms with Crippen molar-refractivity contribution in [3.63, 3.8) is 0 Å². The number of hydrogen-bond donors (Lipinski definition) is 2. The molecule has 1 aliphatic heterocycles. The van der Waals surface area contributed by atoms with Gasteiger partial charge in [0.1, 0.15) is 0 Å². The van der Waals surface area contributed by atoms with E-state index in [1.165, 1.54) is 28.6 Å². The van der Waals surface area contributed by atoms with Crippen molar-refractivity contribution in [2.24, 2.45) is 0 Å². The van der Waals surface area contributed by atoms with Crippen molar-refractivity contribution in [3.8, 4) is 0 Å². The SMILES string of the molecule is O=C(NNC(=O)c1ccccc1Br)c1cccc(S(=O)(=O)N2CCCC2)c1. The Kier molecular flexibility index (Phi) is 5.93. The van der Waals surface area contributed by atoms with E-state index in [1.54, 1.807) is 24.3 Å². The molecule has 0 saturated carbocycles. The molecule has 9 heteroatoms. The number of carbonyl (C=O) groups is 2. The van der Waals surface area contributed by atoms with E-state index < -0.39 is 21.8 Å². The number of benzene rings is 2. The second kappa shape index (κ2) is 8.20. The quantitative estimate of drug-likeness (QED) is 0.697. The van der Waals surface area contributed by atoms with Gasteiger partial charge in [-0.2, -0.15) is 4.31 Å². The van der Waals surface area contributed by atoms with Gasteiger partial charge in [0.05, 0.1) is 10.5 Å². The summed E-state index contributed by atoms with van der Waals surface area (Å²) >= 11 is 3.27. The number of amides is 2. The fraction of sp³-hybridized carbons (Fsp3) is 0.222. The Labute approximate surface area is 165 Å². The lowest BCUT2D eigenvalue weighted by molar-refractivity contribution is 0.0846. The van der Waals surface area contributed by atoms with Crippen LogP contribution < -0.4 is 10.9 Å². The summed E-state index contributed by atoms with van der Waals surface area (Å²) < 4.78 is 27.2. The Bertz CT molecular complexity index is 972. The molecule has 1 fully saturated rings. The van der Waals surface area contributed by atoms with Gasteiger partial charge in [-0.3, -0.25) is 20.4 Å². The van der Waals surface area contributed by atoms with Gasteiger partial charge in [-0.25, -0.2) is 8.42 Å². The number of halogens is 1. The highest BCUT2D eigenvalue weighted by molar-refractivity contribution is 9.10. The summed E-state index contributed by atoms with van der Waals surface area (Å²) in [6.45, 7) is 0.974. The van der Waals surface area contributed by atoms with Crippen molar-refractivity contribution < 1.29 is 18.0 Å². The van der Waals surface area contributed by atoms with Gasteiger partial charge in [-0.05, 0) is 59.1 Å². The van der Waals surface area contributed by atoms with Crippen molar-refractivity contribution in [3.05, 3.63) is 64.1 Å². The number of sulfonamides is 1. The molecule has 142 valence electrons. The Hall–Kier alpha value is -2.23. The fourth-order valence-electron chi connectivity index (χ4n) is 2.77. The van der Waals surface area contributed by atoms with Crippen LogP contribution in [0.5, 0.6) is 0 Å². The number of hydrazine groups is 1. The first-order chi connectivity index (χ1) is 12.9. The second-order valence-corrected chi connectivity index (χ2v) is 8.82. The van der Waals surface area contributed by atoms with Crippen molar-refractivity contribution in [1.29, 1.82) is 0 Å². The first kappa shape index (κ1) is 19.5. The molecule has 0 atom stereocenters. The van der Waals surface area contributed by atoms with Gasteiger partial charge in [-0.1, -0.05) is 18.2 Å². The minimum atomic E-state index is -3.61. The van der Waals surface area contributed by atoms with Crippen LogP contribution in [-0.2, 0) is 10.0 Å². The molecular formula is C18H18BrN3O4S. The molecule has 3 rings (SSSR count). The molecule has 1 saturated heterocycles. The molecule has 0 aromatic heterocycles. The topological polar surface area (TPSA) is 95.6 Å². The van der Waals surface area contributed by atoms with Crippen molar-refractivity contribution in [2.45, 2.75) is 17.7 Å². The third-order valence-corrected chi connectivity index (χ3v) is 6.79. The normalized spacial score (nSPS) is 14.7. The molecule has 0 aliphatic carbocycles. The van der Waals surface area contributed by atoms with Crippen LogP contribution in [-0.4, -0.2) is 37.6 Å². The first-order valence-electron chi connectivity index (χ1n) is 8.35. The molecule has 7 nitrogen and oxygen atoms in total. The molecule has 27 heavy (non-hydrogen) atoms. The van der Waals surface area contributed by atoms with Gasteiger partial charge >= 0.3 is 0 Å². The van der Waals surface area contributed by atoms with Crippen LogP contribution in [0.3, 0.4) is 0 Å². The molecule has 1 aliphatic rings. The van der Waals surface area contributed by atoms with Gasteiger partial charge < -0.3 is 0 Å². The number of nitrogens with one attached hydrogen (secondary N) is 2. The Morgan fingerprint density at radius 3 is 2.30 bits per heavy atom. The predicted molar refractivity (Wildman–Crippen MR) is 104 cm³/mol. The molecule has 2 aromatic rings. The van der Waals surface area contributed by atoms with Gasteiger partial charge in [0.2, 0.25) is 10.0 Å². The summed E-state index contributed by atoms with van der Waals surface area (Å²) in [5, 5.41) is 0. The standard InChI is InChI=1S/C18H18BrN3O4S/c19-16-9-2-1-8-15(16)18(24)21-20-17(23)13-6-5-7-14(12-13)27(25,26)22-10-3-4-11-22/h1-2,5-9,12H,3-4,10-11H2,(H,20,23)(H,21,24). The molecule has 1 heterocycles. The van der Waals surface area contributed by atoms with Crippen molar-refractivity contribution >= 4 is 37.8 Å². The number of nitrogens with zero attached hydrogens (tertiary/aromatic N) is 1. The highest BCUT2D eigenvalue weighted by Gasteiger charge is 2.27. The van der Waals surface area contributed by atoms with E-state index in [1.807, 2.05) is 0 Å². The molecule has 0 spiro atoms. The second-order valence-electron chi connectivity index (χ2n) is 6.03. The number of carbonyl (C=O) groups excluding carboxylic acids is 2. The lowest BCUT2D eigenvalue weighted by Crippen LogP contribution is -2.41. The molecule has 2 amide bonds. The summed E-state index contributed by atoms with van der Waals surface area (Å²) in [4.78, 5) is 24.5. The van der Waals surface area contributed by atoms with Gasteiger partial charge in [0, 0.05) is 23.1 Å². The maximum absolute atomic E-state index is 12.6. The van der Waals surface area contributed by atoms with Crippen LogP contribution in [0.2, 0.25) is 0 Å². The van der Waals surface area contributed by atoms with Crippen LogP contribution in [0.15, 0.2) is 57.9 Å². The van der Waals surface area contributed by atoms with Crippen LogP contribution in [0.4, 0.5) is 0 Å². The summed E-state index contributed by atoms with van der Waals surface area (Å²) in [7, 11) is -3.61. The van der Waals surface area contributed by atoms with Gasteiger partial charge in [0.15, 0.2) is 0 Å². The predicted octanol–water partition coefficient (Wildman–Crippen LogP) is 2.31. The maximum Gasteiger partial charge on any atom is 0.270 e. The van der Waals surface area contributed by atoms with Crippen molar-refractivity contribution in [2.75, 3.05) is 13.1 Å². The van der Waals surface area contributed by atoms with Gasteiger partial charge in [-0.15, -0.1) is 0 Å². The van der Waals surface area contributed by atoms with E-state index in [-0.39, 0.29) is 10.5 Å². The zero-order valence-electron chi connectivity index (χ0n) is 14.3. The number of rotatable bonds is 4. The lowest BCUT2D eigenvalue weighted by Gasteiger charge is -2.16. The third kappa shape index (κ3) is 4.37. The summed E-state index contributed by atoms with van der Waals surface area (Å²) in [6.07, 6.45) is 1.67. The van der Waals surface area contributed by atoms with E-state index in [9.17, 15) is 18.0 Å². The summed E-state index contributed by atoms with van der Waals surface area (Å²) in [6, 6.07) is 12.6. The molecule has 2 aromatic carbocycles. The smallest absolute Gasteiger partial charge is 0.267 e. The maximum atomic E-state index is 12.6. The molecular weight excluding hydrogens is 434 g/mol. The summed E-state index contributed by atoms with van der Waals surface area (Å²) in [5.41, 5.74) is 5.13. The van der Waals surface area contributed by atoms with Crippen LogP contribution in [0, 0.1) is 0 Å². The Morgan fingerprint density at radius 2 is 1.59 bits per heavy atom. The first-order valence-corrected chi connectivity index (χ1v) is 10.6. The Balaban J connectivity index is 1.70. The highest BCUT2D eigenvalue weighted by atomic mass is 79.9. The monoisotopic (exact) mass is 451 g/mol. The summed E-state index contributed by atoms with van der Waals surface area (Å²) in [5.74, 6) is -1.09. The Morgan fingerprint density at radius 1 is 0.926 bits per heavy atom. The van der Waals surface area contributed by atoms with Crippen LogP contribution in [0.25, 0.3) is 0 Å². The zero-order valence-corrected chi connectivity index (χ0v) is 16.7. The lowest BCUT2D eigenvalue weighted by atomic mass is 10.2. The van der Waals surface area contributed by atoms with Gasteiger partial charge in [0.25, 0.3) is 11.8 Å². The van der Waals surface area contributed by atoms with E-state index in [0.717, 1.165) is 12.8 Å². The zero-order chi connectivity index (χ0) is 19.4. The highest BCUT2D eigenvalue weighted by Crippen LogP contribution is 2.21. The van der Waals surface area contributed by atoms with E-state index in [0.29, 0.717) is 23.1 Å². The van der Waals surface area contributed by atoms with E-state index in [2.05, 4.69) is 26.8 Å². The van der Waals surface area contributed by atoms with Crippen LogP contribution >= 0.6 is 15.9 Å². The molecule has 0 unspecified atom stereocenters. The minimum absolute atomic E-state index is 0.0641. The minimum Gasteiger partial charge on any atom is -0.267 e. The number of hydrogen-bond acceptors (Lipinski definition) is 4. The van der Waals surface area contributed by atoms with Crippen LogP contribution in [0.1, 0.15) is 33.6 Å². The molecule has 0 bridgehead atoms. The molecule has 2 N–H and O–H groups in total. The fourth-order valence-corrected chi connectivity index (χ4v) is 4.80. The van der Waals surface area contributed by atoms with E-state index >= 15 is 0 Å². The van der Waals surface area contributed by atoms with Crippen molar-refractivity contribution in [1.82, 2.24) is 15.2 Å². The molecule has 0 radical (unpaired) electrons. The van der Waals surface area contributed by atoms with E-state index in [4.69, 9.17) is 0 Å². The average molecular weight is 452 g/mol. The third-order valence-electron chi connectivity index (χ3n) is 4.21. The largest absolute Gasteiger partial charge is 0.270 e. The average Bonchev–Trinajstić information content (AvgIpc) is 3.22.